The molecule has 21 heavy (non-hydrogen) atoms. The zero-order valence-electron chi connectivity index (χ0n) is 11.4. The molecule has 0 spiro atoms. The smallest absolute Gasteiger partial charge is 0.247 e. The van der Waals surface area contributed by atoms with Crippen LogP contribution >= 0.6 is 34.8 Å². The van der Waals surface area contributed by atoms with Gasteiger partial charge in [-0.3, -0.25) is 4.79 Å². The summed E-state index contributed by atoms with van der Waals surface area (Å²) >= 11 is 17.0. The van der Waals surface area contributed by atoms with Gasteiger partial charge in [-0.1, -0.05) is 23.2 Å². The van der Waals surface area contributed by atoms with Gasteiger partial charge in [0.2, 0.25) is 15.3 Å². The number of rotatable bonds is 7. The van der Waals surface area contributed by atoms with E-state index in [1.165, 1.54) is 19.2 Å². The summed E-state index contributed by atoms with van der Waals surface area (Å²) in [4.78, 5) is 10.5. The van der Waals surface area contributed by atoms with Crippen molar-refractivity contribution in [1.82, 2.24) is 4.31 Å². The van der Waals surface area contributed by atoms with Gasteiger partial charge >= 0.3 is 0 Å². The zero-order chi connectivity index (χ0) is 16.2. The number of hydrogen-bond donors (Lipinski definition) is 0. The Morgan fingerprint density at radius 1 is 1.33 bits per heavy atom. The molecule has 9 heteroatoms. The van der Waals surface area contributed by atoms with Crippen LogP contribution < -0.4 is 0 Å². The minimum Gasteiger partial charge on any atom is -0.371 e. The Balaban J connectivity index is 2.86. The van der Waals surface area contributed by atoms with Crippen LogP contribution in [-0.4, -0.2) is 44.8 Å². The quantitative estimate of drug-likeness (QED) is 0.544. The monoisotopic (exact) mass is 373 g/mol. The van der Waals surface area contributed by atoms with E-state index in [4.69, 9.17) is 39.5 Å². The first-order chi connectivity index (χ1) is 9.67. The number of hydrogen-bond acceptors (Lipinski definition) is 4. The normalized spacial score (nSPS) is 11.9. The third-order valence-corrected chi connectivity index (χ3v) is 5.76. The van der Waals surface area contributed by atoms with E-state index >= 15 is 0 Å². The molecule has 1 aromatic rings. The standard InChI is InChI=1S/C12H14Cl3NO4S/c1-8-9(13)3-4-10(12(8)15)21(18,19)16(2)5-6-20-7-11(14)17/h3-4H,5-7H2,1-2H3. The molecule has 0 amide bonds. The first-order valence-electron chi connectivity index (χ1n) is 5.85. The Kier molecular flexibility index (Phi) is 6.90. The van der Waals surface area contributed by atoms with Gasteiger partial charge in [0.1, 0.15) is 11.5 Å². The number of benzene rings is 1. The van der Waals surface area contributed by atoms with Gasteiger partial charge in [0, 0.05) is 18.6 Å². The van der Waals surface area contributed by atoms with Crippen molar-refractivity contribution in [2.45, 2.75) is 11.8 Å². The average Bonchev–Trinajstić information content (AvgIpc) is 2.40. The largest absolute Gasteiger partial charge is 0.371 e. The highest BCUT2D eigenvalue weighted by molar-refractivity contribution is 7.89. The summed E-state index contributed by atoms with van der Waals surface area (Å²) in [5.41, 5.74) is 0.497. The van der Waals surface area contributed by atoms with Gasteiger partial charge in [-0.15, -0.1) is 0 Å². The van der Waals surface area contributed by atoms with Crippen LogP contribution in [0.5, 0.6) is 0 Å². The van der Waals surface area contributed by atoms with Crippen LogP contribution in [0.15, 0.2) is 17.0 Å². The highest BCUT2D eigenvalue weighted by Gasteiger charge is 2.24. The van der Waals surface area contributed by atoms with Gasteiger partial charge in [0.25, 0.3) is 0 Å². The molecule has 0 bridgehead atoms. The predicted octanol–water partition coefficient (Wildman–Crippen LogP) is 2.70. The maximum atomic E-state index is 12.4. The molecule has 1 rings (SSSR count). The number of nitrogens with zero attached hydrogens (tertiary/aromatic N) is 1. The van der Waals surface area contributed by atoms with Crippen molar-refractivity contribution >= 4 is 50.1 Å². The molecule has 0 radical (unpaired) electrons. The van der Waals surface area contributed by atoms with E-state index in [0.717, 1.165) is 4.31 Å². The number of likely N-dealkylation sites (N-methyl/N-ethyl adjacent to an activating group) is 1. The minimum absolute atomic E-state index is 0.0259. The summed E-state index contributed by atoms with van der Waals surface area (Å²) in [5, 5.41) is -0.159. The van der Waals surface area contributed by atoms with Crippen LogP contribution in [-0.2, 0) is 19.6 Å². The van der Waals surface area contributed by atoms with E-state index in [-0.39, 0.29) is 29.7 Å². The molecule has 0 aliphatic rings. The molecule has 1 aromatic carbocycles. The molecule has 0 aliphatic heterocycles. The minimum atomic E-state index is -3.76. The number of carbonyl (C=O) groups excluding carboxylic acids is 1. The van der Waals surface area contributed by atoms with E-state index in [1.807, 2.05) is 0 Å². The molecular formula is C12H14Cl3NO4S. The van der Waals surface area contributed by atoms with Gasteiger partial charge in [-0.25, -0.2) is 8.42 Å². The van der Waals surface area contributed by atoms with E-state index in [0.29, 0.717) is 10.6 Å². The summed E-state index contributed by atoms with van der Waals surface area (Å²) in [6.07, 6.45) is 0. The maximum Gasteiger partial charge on any atom is 0.247 e. The lowest BCUT2D eigenvalue weighted by molar-refractivity contribution is -0.115. The molecule has 0 atom stereocenters. The summed E-state index contributed by atoms with van der Waals surface area (Å²) in [6, 6.07) is 2.83. The molecule has 0 aliphatic carbocycles. The lowest BCUT2D eigenvalue weighted by atomic mass is 10.2. The molecular weight excluding hydrogens is 361 g/mol. The van der Waals surface area contributed by atoms with Crippen molar-refractivity contribution in [3.63, 3.8) is 0 Å². The van der Waals surface area contributed by atoms with Crippen LogP contribution in [0.3, 0.4) is 0 Å². The second kappa shape index (κ2) is 7.76. The predicted molar refractivity (Wildman–Crippen MR) is 82.7 cm³/mol. The van der Waals surface area contributed by atoms with Gasteiger partial charge in [-0.2, -0.15) is 4.31 Å². The second-order valence-electron chi connectivity index (χ2n) is 4.22. The second-order valence-corrected chi connectivity index (χ2v) is 7.44. The maximum absolute atomic E-state index is 12.4. The summed E-state index contributed by atoms with van der Waals surface area (Å²) < 4.78 is 30.8. The SMILES string of the molecule is Cc1c(Cl)ccc(S(=O)(=O)N(C)CCOCC(=O)Cl)c1Cl. The molecule has 5 nitrogen and oxygen atoms in total. The molecule has 0 unspecified atom stereocenters. The third-order valence-electron chi connectivity index (χ3n) is 2.74. The highest BCUT2D eigenvalue weighted by atomic mass is 35.5. The van der Waals surface area contributed by atoms with Gasteiger partial charge in [0.05, 0.1) is 11.6 Å². The van der Waals surface area contributed by atoms with Crippen LogP contribution in [0.2, 0.25) is 10.0 Å². The Morgan fingerprint density at radius 3 is 2.52 bits per heavy atom. The number of halogens is 3. The number of ether oxygens (including phenoxy) is 1. The van der Waals surface area contributed by atoms with Gasteiger partial charge < -0.3 is 4.74 Å². The molecule has 0 aromatic heterocycles. The summed E-state index contributed by atoms with van der Waals surface area (Å²) in [7, 11) is -2.37. The molecule has 118 valence electrons. The topological polar surface area (TPSA) is 63.7 Å². The van der Waals surface area contributed by atoms with E-state index < -0.39 is 15.3 Å². The summed E-state index contributed by atoms with van der Waals surface area (Å²) in [5.74, 6) is 0. The van der Waals surface area contributed by atoms with Crippen LogP contribution in [0.1, 0.15) is 5.56 Å². The van der Waals surface area contributed by atoms with Crippen molar-refractivity contribution in [1.29, 1.82) is 0 Å². The lowest BCUT2D eigenvalue weighted by Crippen LogP contribution is -2.31. The third kappa shape index (κ3) is 4.81. The molecule has 0 heterocycles. The van der Waals surface area contributed by atoms with Gasteiger partial charge in [-0.05, 0) is 36.2 Å². The average molecular weight is 375 g/mol. The number of carbonyl (C=O) groups is 1. The first-order valence-corrected chi connectivity index (χ1v) is 8.42. The fourth-order valence-electron chi connectivity index (χ4n) is 1.47. The Morgan fingerprint density at radius 2 is 1.95 bits per heavy atom. The molecule has 0 saturated carbocycles. The van der Waals surface area contributed by atoms with Crippen LogP contribution in [0, 0.1) is 6.92 Å². The van der Waals surface area contributed by atoms with Crippen LogP contribution in [0.4, 0.5) is 0 Å². The van der Waals surface area contributed by atoms with Crippen molar-refractivity contribution in [2.75, 3.05) is 26.8 Å². The number of sulfonamides is 1. The van der Waals surface area contributed by atoms with Crippen molar-refractivity contribution in [2.24, 2.45) is 0 Å². The zero-order valence-corrected chi connectivity index (χ0v) is 14.5. The molecule has 0 saturated heterocycles. The van der Waals surface area contributed by atoms with E-state index in [2.05, 4.69) is 0 Å². The van der Waals surface area contributed by atoms with E-state index in [9.17, 15) is 13.2 Å². The lowest BCUT2D eigenvalue weighted by Gasteiger charge is -2.18. The van der Waals surface area contributed by atoms with Crippen LogP contribution in [0.25, 0.3) is 0 Å². The summed E-state index contributed by atoms with van der Waals surface area (Å²) in [6.45, 7) is 1.47. The Labute approximate surface area is 138 Å². The van der Waals surface area contributed by atoms with Crippen molar-refractivity contribution < 1.29 is 17.9 Å². The molecule has 0 fully saturated rings. The fourth-order valence-corrected chi connectivity index (χ4v) is 3.48. The van der Waals surface area contributed by atoms with Crippen molar-refractivity contribution in [3.05, 3.63) is 27.7 Å². The Hall–Kier alpha value is -0.370. The van der Waals surface area contributed by atoms with E-state index in [1.54, 1.807) is 6.92 Å². The fraction of sp³-hybridized carbons (Fsp3) is 0.417. The first kappa shape index (κ1) is 18.7. The molecule has 0 N–H and O–H groups in total. The highest BCUT2D eigenvalue weighted by Crippen LogP contribution is 2.31. The van der Waals surface area contributed by atoms with Gasteiger partial charge in [0.15, 0.2) is 0 Å². The Bertz CT molecular complexity index is 634. The van der Waals surface area contributed by atoms with Crippen molar-refractivity contribution in [3.8, 4) is 0 Å².